The van der Waals surface area contributed by atoms with Crippen LogP contribution in [0.4, 0.5) is 11.4 Å². The molecule has 154 valence electrons. The molecule has 0 aromatic heterocycles. The first-order chi connectivity index (χ1) is 14.5. The second-order valence-electron chi connectivity index (χ2n) is 6.15. The van der Waals surface area contributed by atoms with E-state index in [0.717, 1.165) is 0 Å². The molecule has 0 bridgehead atoms. The number of benzene rings is 3. The first kappa shape index (κ1) is 21.5. The molecule has 0 saturated heterocycles. The molecule has 30 heavy (non-hydrogen) atoms. The summed E-state index contributed by atoms with van der Waals surface area (Å²) in [5.74, 6) is -0.415. The molecule has 0 amide bonds. The Labute approximate surface area is 183 Å². The maximum absolute atomic E-state index is 13.4. The summed E-state index contributed by atoms with van der Waals surface area (Å²) in [6, 6.07) is 15.8. The Morgan fingerprint density at radius 3 is 1.73 bits per heavy atom. The molecule has 8 heteroatoms. The zero-order valence-electron chi connectivity index (χ0n) is 15.7. The van der Waals surface area contributed by atoms with Crippen LogP contribution in [0.15, 0.2) is 60.7 Å². The van der Waals surface area contributed by atoms with Crippen LogP contribution in [-0.4, -0.2) is 23.7 Å². The number of alkyl halides is 2. The van der Waals surface area contributed by atoms with E-state index in [0.29, 0.717) is 0 Å². The number of nitrogen functional groups attached to an aromatic ring is 2. The summed E-state index contributed by atoms with van der Waals surface area (Å²) in [5.41, 5.74) is 12.8. The number of para-hydroxylation sites is 2. The summed E-state index contributed by atoms with van der Waals surface area (Å²) in [6.45, 7) is 0. The average molecular weight is 445 g/mol. The van der Waals surface area contributed by atoms with Crippen LogP contribution < -0.4 is 20.9 Å². The Hall–Kier alpha value is -3.22. The van der Waals surface area contributed by atoms with Crippen LogP contribution in [0, 0.1) is 0 Å². The van der Waals surface area contributed by atoms with Crippen LogP contribution in [-0.2, 0) is 0 Å². The Morgan fingerprint density at radius 2 is 1.20 bits per heavy atom. The first-order valence-electron chi connectivity index (χ1n) is 8.82. The van der Waals surface area contributed by atoms with Gasteiger partial charge >= 0.3 is 0 Å². The van der Waals surface area contributed by atoms with Crippen molar-refractivity contribution in [1.29, 1.82) is 0 Å². The predicted octanol–water partition coefficient (Wildman–Crippen LogP) is 4.46. The molecule has 0 fully saturated rings. The van der Waals surface area contributed by atoms with Crippen LogP contribution >= 0.6 is 23.2 Å². The third kappa shape index (κ3) is 4.20. The minimum absolute atomic E-state index is 0.00210. The van der Waals surface area contributed by atoms with E-state index < -0.39 is 11.6 Å². The van der Waals surface area contributed by atoms with Crippen LogP contribution in [0.25, 0.3) is 0 Å². The van der Waals surface area contributed by atoms with Crippen molar-refractivity contribution in [1.82, 2.24) is 0 Å². The summed E-state index contributed by atoms with van der Waals surface area (Å²) >= 11 is 11.3. The van der Waals surface area contributed by atoms with E-state index in [1.165, 1.54) is 12.1 Å². The second-order valence-corrected chi connectivity index (χ2v) is 6.58. The Kier molecular flexibility index (Phi) is 6.82. The minimum atomic E-state index is -0.514. The molecule has 0 radical (unpaired) electrons. The molecule has 0 aliphatic rings. The summed E-state index contributed by atoms with van der Waals surface area (Å²) < 4.78 is 10.7. The number of hydrogen-bond donors (Lipinski definition) is 2. The van der Waals surface area contributed by atoms with Gasteiger partial charge in [0.15, 0.2) is 23.7 Å². The van der Waals surface area contributed by atoms with Gasteiger partial charge in [0.05, 0.1) is 28.1 Å². The highest BCUT2D eigenvalue weighted by Crippen LogP contribution is 2.32. The zero-order valence-corrected chi connectivity index (χ0v) is 17.2. The minimum Gasteiger partial charge on any atom is -0.477 e. The lowest BCUT2D eigenvalue weighted by atomic mass is 9.90. The fraction of sp³-hybridized carbons (Fsp3) is 0.0909. The lowest BCUT2D eigenvalue weighted by Gasteiger charge is -2.16. The van der Waals surface area contributed by atoms with Crippen LogP contribution in [0.3, 0.4) is 0 Å². The highest BCUT2D eigenvalue weighted by molar-refractivity contribution is 6.24. The molecule has 4 N–H and O–H groups in total. The predicted molar refractivity (Wildman–Crippen MR) is 118 cm³/mol. The quantitative estimate of drug-likeness (QED) is 0.301. The van der Waals surface area contributed by atoms with Gasteiger partial charge in [0, 0.05) is 5.56 Å². The topological polar surface area (TPSA) is 105 Å². The SMILES string of the molecule is Nc1ccc(C(=O)c2ccccc2OCCl)c(C(=O)c2ccccc2OCCl)c1N. The van der Waals surface area contributed by atoms with Crippen molar-refractivity contribution in [3.05, 3.63) is 82.9 Å². The number of anilines is 2. The molecule has 3 aromatic carbocycles. The van der Waals surface area contributed by atoms with Gasteiger partial charge in [0.25, 0.3) is 0 Å². The molecule has 3 rings (SSSR count). The highest BCUT2D eigenvalue weighted by Gasteiger charge is 2.26. The zero-order chi connectivity index (χ0) is 21.7. The maximum Gasteiger partial charge on any atom is 0.199 e. The molecule has 6 nitrogen and oxygen atoms in total. The van der Waals surface area contributed by atoms with Gasteiger partial charge in [-0.2, -0.15) is 0 Å². The molecule has 0 saturated carbocycles. The van der Waals surface area contributed by atoms with Crippen molar-refractivity contribution in [2.24, 2.45) is 0 Å². The normalized spacial score (nSPS) is 10.5. The van der Waals surface area contributed by atoms with Crippen molar-refractivity contribution in [2.75, 3.05) is 23.6 Å². The van der Waals surface area contributed by atoms with Gasteiger partial charge in [-0.25, -0.2) is 0 Å². The number of halogens is 2. The number of carbonyl (C=O) groups excluding carboxylic acids is 2. The van der Waals surface area contributed by atoms with E-state index >= 15 is 0 Å². The second kappa shape index (κ2) is 9.52. The van der Waals surface area contributed by atoms with E-state index in [1.54, 1.807) is 48.5 Å². The summed E-state index contributed by atoms with van der Waals surface area (Å²) in [7, 11) is 0. The van der Waals surface area contributed by atoms with Gasteiger partial charge < -0.3 is 20.9 Å². The number of carbonyl (C=O) groups is 2. The lowest BCUT2D eigenvalue weighted by molar-refractivity contribution is 0.100. The van der Waals surface area contributed by atoms with Gasteiger partial charge in [0.1, 0.15) is 11.5 Å². The first-order valence-corrected chi connectivity index (χ1v) is 9.89. The van der Waals surface area contributed by atoms with Crippen molar-refractivity contribution in [3.8, 4) is 11.5 Å². The fourth-order valence-corrected chi connectivity index (χ4v) is 3.26. The molecule has 0 unspecified atom stereocenters. The molecule has 0 aliphatic carbocycles. The lowest BCUT2D eigenvalue weighted by Crippen LogP contribution is -2.16. The Morgan fingerprint density at radius 1 is 0.700 bits per heavy atom. The van der Waals surface area contributed by atoms with E-state index in [4.69, 9.17) is 44.1 Å². The summed E-state index contributed by atoms with van der Waals surface area (Å²) in [5, 5.41) is 0. The summed E-state index contributed by atoms with van der Waals surface area (Å²) in [4.78, 5) is 26.8. The number of rotatable bonds is 8. The van der Waals surface area contributed by atoms with E-state index in [1.807, 2.05) is 0 Å². The van der Waals surface area contributed by atoms with Crippen molar-refractivity contribution in [3.63, 3.8) is 0 Å². The maximum atomic E-state index is 13.4. The van der Waals surface area contributed by atoms with Crippen molar-refractivity contribution < 1.29 is 19.1 Å². The van der Waals surface area contributed by atoms with Crippen LogP contribution in [0.1, 0.15) is 31.8 Å². The third-order valence-corrected chi connectivity index (χ3v) is 4.65. The van der Waals surface area contributed by atoms with Gasteiger partial charge in [0.2, 0.25) is 0 Å². The number of hydrogen-bond acceptors (Lipinski definition) is 6. The van der Waals surface area contributed by atoms with Crippen molar-refractivity contribution in [2.45, 2.75) is 0 Å². The molecular weight excluding hydrogens is 427 g/mol. The smallest absolute Gasteiger partial charge is 0.199 e. The molecule has 0 aliphatic heterocycles. The van der Waals surface area contributed by atoms with E-state index in [-0.39, 0.29) is 57.3 Å². The number of nitrogens with two attached hydrogens (primary N) is 2. The molecule has 0 heterocycles. The molecular formula is C22H18Cl2N2O4. The fourth-order valence-electron chi connectivity index (χ4n) is 3.03. The van der Waals surface area contributed by atoms with E-state index in [9.17, 15) is 9.59 Å². The summed E-state index contributed by atoms with van der Waals surface area (Å²) in [6.07, 6.45) is 0. The van der Waals surface area contributed by atoms with Gasteiger partial charge in [-0.15, -0.1) is 0 Å². The van der Waals surface area contributed by atoms with Gasteiger partial charge in [-0.05, 0) is 36.4 Å². The van der Waals surface area contributed by atoms with Crippen LogP contribution in [0.5, 0.6) is 11.5 Å². The molecule has 0 atom stereocenters. The highest BCUT2D eigenvalue weighted by atomic mass is 35.5. The monoisotopic (exact) mass is 444 g/mol. The number of ketones is 2. The number of ether oxygens (including phenoxy) is 2. The average Bonchev–Trinajstić information content (AvgIpc) is 2.76. The Bertz CT molecular complexity index is 1100. The molecule has 3 aromatic rings. The van der Waals surface area contributed by atoms with Gasteiger partial charge in [-0.1, -0.05) is 47.5 Å². The molecule has 0 spiro atoms. The standard InChI is InChI=1S/C22H18Cl2N2O4/c23-11-29-17-7-3-1-5-13(17)21(27)15-9-10-16(25)20(26)19(15)22(28)14-6-2-4-8-18(14)30-12-24/h1-10H,11-12,25-26H2. The van der Waals surface area contributed by atoms with Crippen LogP contribution in [0.2, 0.25) is 0 Å². The largest absolute Gasteiger partial charge is 0.477 e. The Balaban J connectivity index is 2.17. The van der Waals surface area contributed by atoms with Crippen molar-refractivity contribution >= 4 is 46.1 Å². The van der Waals surface area contributed by atoms with E-state index in [2.05, 4.69) is 0 Å². The third-order valence-electron chi connectivity index (χ3n) is 4.43. The van der Waals surface area contributed by atoms with Gasteiger partial charge in [-0.3, -0.25) is 9.59 Å².